The summed E-state index contributed by atoms with van der Waals surface area (Å²) in [6, 6.07) is 19.9. The highest BCUT2D eigenvalue weighted by Gasteiger charge is 2.40. The quantitative estimate of drug-likeness (QED) is 0.538. The van der Waals surface area contributed by atoms with Gasteiger partial charge in [0.1, 0.15) is 17.3 Å². The fourth-order valence-electron chi connectivity index (χ4n) is 3.52. The Bertz CT molecular complexity index is 1200. The number of halogens is 1. The van der Waals surface area contributed by atoms with Crippen molar-refractivity contribution in [3.8, 4) is 5.75 Å². The molecule has 0 atom stereocenters. The molecule has 0 radical (unpaired) electrons. The van der Waals surface area contributed by atoms with Crippen molar-refractivity contribution < 1.29 is 18.7 Å². The summed E-state index contributed by atoms with van der Waals surface area (Å²) in [5.41, 5.74) is 2.79. The van der Waals surface area contributed by atoms with Gasteiger partial charge in [0.2, 0.25) is 0 Å². The molecule has 1 N–H and O–H groups in total. The second-order valence-corrected chi connectivity index (χ2v) is 7.86. The number of hydrogen-bond donors (Lipinski definition) is 1. The molecule has 0 aromatic heterocycles. The van der Waals surface area contributed by atoms with Gasteiger partial charge in [0, 0.05) is 5.69 Å². The molecule has 2 amide bonds. The number of carbonyl (C=O) groups excluding carboxylic acids is 2. The number of amides is 2. The van der Waals surface area contributed by atoms with Gasteiger partial charge in [0.25, 0.3) is 11.8 Å². The number of carbonyl (C=O) groups is 2. The summed E-state index contributed by atoms with van der Waals surface area (Å²) in [6.07, 6.45) is 0.00720. The van der Waals surface area contributed by atoms with Crippen LogP contribution >= 0.6 is 0 Å². The van der Waals surface area contributed by atoms with E-state index in [0.29, 0.717) is 22.7 Å². The summed E-state index contributed by atoms with van der Waals surface area (Å²) in [5.74, 6) is -0.753. The molecule has 0 fully saturated rings. The minimum absolute atomic E-state index is 0.00720. The van der Waals surface area contributed by atoms with Gasteiger partial charge >= 0.3 is 0 Å². The van der Waals surface area contributed by atoms with E-state index in [1.807, 2.05) is 32.9 Å². The third-order valence-electron chi connectivity index (χ3n) is 4.98. The van der Waals surface area contributed by atoms with Crippen LogP contribution in [-0.2, 0) is 9.59 Å². The van der Waals surface area contributed by atoms with Gasteiger partial charge in [-0.05, 0) is 68.8 Å². The van der Waals surface area contributed by atoms with E-state index in [2.05, 4.69) is 5.32 Å². The maximum Gasteiger partial charge on any atom is 0.282 e. The summed E-state index contributed by atoms with van der Waals surface area (Å²) >= 11 is 0. The molecule has 5 nitrogen and oxygen atoms in total. The zero-order chi connectivity index (χ0) is 22.8. The first kappa shape index (κ1) is 21.3. The second kappa shape index (κ2) is 8.67. The van der Waals surface area contributed by atoms with Crippen LogP contribution in [0.1, 0.15) is 25.0 Å². The van der Waals surface area contributed by atoms with Crippen LogP contribution in [0, 0.1) is 12.7 Å². The average Bonchev–Trinajstić information content (AvgIpc) is 2.99. The monoisotopic (exact) mass is 430 g/mol. The molecule has 6 heteroatoms. The number of aryl methyl sites for hydroxylation is 1. The number of nitrogens with zero attached hydrogens (tertiary/aromatic N) is 1. The number of nitrogens with one attached hydrogen (secondary N) is 1. The Morgan fingerprint density at radius 3 is 2.22 bits per heavy atom. The van der Waals surface area contributed by atoms with Crippen molar-refractivity contribution in [2.24, 2.45) is 0 Å². The third kappa shape index (κ3) is 4.25. The van der Waals surface area contributed by atoms with E-state index in [4.69, 9.17) is 4.74 Å². The Labute approximate surface area is 186 Å². The predicted molar refractivity (Wildman–Crippen MR) is 123 cm³/mol. The van der Waals surface area contributed by atoms with Gasteiger partial charge in [0.05, 0.1) is 17.4 Å². The zero-order valence-corrected chi connectivity index (χ0v) is 18.1. The molecule has 0 spiro atoms. The minimum Gasteiger partial charge on any atom is -0.491 e. The lowest BCUT2D eigenvalue weighted by molar-refractivity contribution is -0.120. The molecule has 162 valence electrons. The van der Waals surface area contributed by atoms with Gasteiger partial charge in [-0.3, -0.25) is 9.59 Å². The van der Waals surface area contributed by atoms with Gasteiger partial charge in [-0.1, -0.05) is 35.9 Å². The van der Waals surface area contributed by atoms with E-state index in [1.165, 1.54) is 18.2 Å². The Hall–Kier alpha value is -3.93. The molecule has 0 saturated carbocycles. The Balaban J connectivity index is 1.74. The summed E-state index contributed by atoms with van der Waals surface area (Å²) in [5, 5.41) is 2.97. The van der Waals surface area contributed by atoms with Crippen molar-refractivity contribution in [3.05, 3.63) is 95.4 Å². The first-order valence-corrected chi connectivity index (χ1v) is 10.3. The van der Waals surface area contributed by atoms with Gasteiger partial charge in [0.15, 0.2) is 0 Å². The van der Waals surface area contributed by atoms with Gasteiger partial charge in [-0.25, -0.2) is 9.29 Å². The summed E-state index contributed by atoms with van der Waals surface area (Å²) in [6.45, 7) is 5.78. The Morgan fingerprint density at radius 2 is 1.59 bits per heavy atom. The smallest absolute Gasteiger partial charge is 0.282 e. The van der Waals surface area contributed by atoms with E-state index < -0.39 is 17.6 Å². The van der Waals surface area contributed by atoms with Crippen LogP contribution in [0.25, 0.3) is 5.57 Å². The van der Waals surface area contributed by atoms with Gasteiger partial charge < -0.3 is 10.1 Å². The second-order valence-electron chi connectivity index (χ2n) is 7.86. The van der Waals surface area contributed by atoms with Crippen molar-refractivity contribution in [1.29, 1.82) is 0 Å². The number of hydrogen-bond acceptors (Lipinski definition) is 4. The largest absolute Gasteiger partial charge is 0.491 e. The van der Waals surface area contributed by atoms with E-state index in [1.54, 1.807) is 42.5 Å². The van der Waals surface area contributed by atoms with Gasteiger partial charge in [-0.15, -0.1) is 0 Å². The molecule has 0 bridgehead atoms. The highest BCUT2D eigenvalue weighted by molar-refractivity contribution is 6.46. The predicted octanol–water partition coefficient (Wildman–Crippen LogP) is 5.32. The highest BCUT2D eigenvalue weighted by atomic mass is 19.1. The lowest BCUT2D eigenvalue weighted by Gasteiger charge is -2.17. The molecule has 1 aliphatic heterocycles. The third-order valence-corrected chi connectivity index (χ3v) is 4.98. The molecular formula is C26H23FN2O3. The lowest BCUT2D eigenvalue weighted by Crippen LogP contribution is -2.32. The normalized spacial score (nSPS) is 13.8. The maximum atomic E-state index is 13.7. The summed E-state index contributed by atoms with van der Waals surface area (Å²) in [7, 11) is 0. The van der Waals surface area contributed by atoms with Crippen LogP contribution in [0.15, 0.2) is 78.5 Å². The molecule has 1 aliphatic rings. The minimum atomic E-state index is -0.507. The summed E-state index contributed by atoms with van der Waals surface area (Å²) < 4.78 is 19.4. The van der Waals surface area contributed by atoms with Crippen LogP contribution in [0.2, 0.25) is 0 Å². The fraction of sp³-hybridized carbons (Fsp3) is 0.154. The van der Waals surface area contributed by atoms with Crippen molar-refractivity contribution in [1.82, 2.24) is 0 Å². The van der Waals surface area contributed by atoms with E-state index in [-0.39, 0.29) is 17.4 Å². The van der Waals surface area contributed by atoms with Crippen LogP contribution in [-0.4, -0.2) is 17.9 Å². The number of rotatable bonds is 6. The molecule has 0 saturated heterocycles. The molecule has 3 aromatic rings. The number of benzene rings is 3. The highest BCUT2D eigenvalue weighted by Crippen LogP contribution is 2.34. The number of imide groups is 1. The molecular weight excluding hydrogens is 407 g/mol. The van der Waals surface area contributed by atoms with Crippen LogP contribution in [0.4, 0.5) is 15.8 Å². The molecule has 3 aromatic carbocycles. The Kier molecular flexibility index (Phi) is 5.77. The topological polar surface area (TPSA) is 58.6 Å². The van der Waals surface area contributed by atoms with Crippen molar-refractivity contribution >= 4 is 28.8 Å². The standard InChI is InChI=1S/C26H23FN2O3/c1-16(2)32-22-13-11-21(12-14-22)29-25(30)23(18-9-7-17(3)8-10-18)24(26(29)31)28-20-6-4-5-19(27)15-20/h4-16,28H,1-3H3. The van der Waals surface area contributed by atoms with Crippen molar-refractivity contribution in [2.75, 3.05) is 10.2 Å². The van der Waals surface area contributed by atoms with Crippen LogP contribution < -0.4 is 15.0 Å². The van der Waals surface area contributed by atoms with E-state index in [9.17, 15) is 14.0 Å². The first-order chi connectivity index (χ1) is 15.3. The Morgan fingerprint density at radius 1 is 0.906 bits per heavy atom. The fourth-order valence-corrected chi connectivity index (χ4v) is 3.52. The lowest BCUT2D eigenvalue weighted by atomic mass is 10.0. The molecule has 32 heavy (non-hydrogen) atoms. The zero-order valence-electron chi connectivity index (χ0n) is 18.1. The number of anilines is 2. The SMILES string of the molecule is Cc1ccc(C2=C(Nc3cccc(F)c3)C(=O)N(c3ccc(OC(C)C)cc3)C2=O)cc1. The average molecular weight is 430 g/mol. The molecule has 1 heterocycles. The van der Waals surface area contributed by atoms with Crippen molar-refractivity contribution in [3.63, 3.8) is 0 Å². The van der Waals surface area contributed by atoms with E-state index >= 15 is 0 Å². The van der Waals surface area contributed by atoms with Crippen LogP contribution in [0.5, 0.6) is 5.75 Å². The summed E-state index contributed by atoms with van der Waals surface area (Å²) in [4.78, 5) is 27.9. The maximum absolute atomic E-state index is 13.7. The van der Waals surface area contributed by atoms with Crippen molar-refractivity contribution in [2.45, 2.75) is 26.9 Å². The number of ether oxygens (including phenoxy) is 1. The van der Waals surface area contributed by atoms with E-state index in [0.717, 1.165) is 10.5 Å². The first-order valence-electron chi connectivity index (χ1n) is 10.3. The van der Waals surface area contributed by atoms with Gasteiger partial charge in [-0.2, -0.15) is 0 Å². The molecule has 0 aliphatic carbocycles. The molecule has 4 rings (SSSR count). The molecule has 0 unspecified atom stereocenters. The van der Waals surface area contributed by atoms with Crippen LogP contribution in [0.3, 0.4) is 0 Å².